The topological polar surface area (TPSA) is 58.2 Å². The van der Waals surface area contributed by atoms with Crippen LogP contribution in [0.5, 0.6) is 0 Å². The van der Waals surface area contributed by atoms with Crippen LogP contribution in [-0.2, 0) is 4.79 Å². The van der Waals surface area contributed by atoms with E-state index in [4.69, 9.17) is 0 Å². The quantitative estimate of drug-likeness (QED) is 0.773. The zero-order valence-corrected chi connectivity index (χ0v) is 12.5. The zero-order chi connectivity index (χ0) is 14.9. The second kappa shape index (κ2) is 4.12. The summed E-state index contributed by atoms with van der Waals surface area (Å²) in [4.78, 5) is 25.9. The molecule has 1 aromatic rings. The Morgan fingerprint density at radius 3 is 2.23 bits per heavy atom. The van der Waals surface area contributed by atoms with Gasteiger partial charge in [-0.2, -0.15) is 0 Å². The van der Waals surface area contributed by atoms with Crippen molar-refractivity contribution in [1.82, 2.24) is 5.32 Å². The molecule has 4 saturated carbocycles. The third-order valence-corrected chi connectivity index (χ3v) is 6.54. The van der Waals surface area contributed by atoms with E-state index in [1.54, 1.807) is 6.07 Å². The third-order valence-electron chi connectivity index (χ3n) is 6.54. The zero-order valence-electron chi connectivity index (χ0n) is 12.5. The highest BCUT2D eigenvalue weighted by molar-refractivity contribution is 6.12. The molecule has 0 aromatic heterocycles. The fraction of sp³-hybridized carbons (Fsp3) is 0.556. The van der Waals surface area contributed by atoms with Crippen molar-refractivity contribution >= 4 is 17.5 Å². The van der Waals surface area contributed by atoms with Crippen LogP contribution in [0.15, 0.2) is 24.3 Å². The lowest BCUT2D eigenvalue weighted by atomic mass is 9.48. The number of fused-ring (bicyclic) bond motifs is 1. The number of para-hydroxylation sites is 1. The molecule has 4 fully saturated rings. The van der Waals surface area contributed by atoms with Crippen LogP contribution in [0.2, 0.25) is 0 Å². The Balaban J connectivity index is 1.61. The fourth-order valence-electron chi connectivity index (χ4n) is 5.83. The van der Waals surface area contributed by atoms with Gasteiger partial charge in [0.25, 0.3) is 11.8 Å². The average molecular weight is 296 g/mol. The number of carbonyl (C=O) groups is 2. The smallest absolute Gasteiger partial charge is 0.254 e. The lowest BCUT2D eigenvalue weighted by Crippen LogP contribution is -2.70. The number of carbonyl (C=O) groups excluding carboxylic acids is 2. The first-order valence-corrected chi connectivity index (χ1v) is 8.40. The molecule has 0 unspecified atom stereocenters. The Labute approximate surface area is 129 Å². The van der Waals surface area contributed by atoms with E-state index < -0.39 is 5.54 Å². The van der Waals surface area contributed by atoms with Crippen molar-refractivity contribution in [3.8, 4) is 0 Å². The molecule has 4 bridgehead atoms. The molecule has 6 rings (SSSR count). The Bertz CT molecular complexity index is 653. The summed E-state index contributed by atoms with van der Waals surface area (Å²) in [5, 5.41) is 6.24. The maximum absolute atomic E-state index is 13.1. The van der Waals surface area contributed by atoms with Gasteiger partial charge in [0.2, 0.25) is 0 Å². The lowest BCUT2D eigenvalue weighted by Gasteiger charge is -2.59. The van der Waals surface area contributed by atoms with Crippen molar-refractivity contribution in [1.29, 1.82) is 0 Å². The number of anilines is 1. The minimum absolute atomic E-state index is 0.0135. The second-order valence-corrected chi connectivity index (χ2v) is 7.63. The molecule has 1 heterocycles. The van der Waals surface area contributed by atoms with Gasteiger partial charge in [-0.05, 0) is 67.9 Å². The van der Waals surface area contributed by atoms with Gasteiger partial charge in [0.1, 0.15) is 5.54 Å². The van der Waals surface area contributed by atoms with Crippen LogP contribution in [0, 0.1) is 23.7 Å². The van der Waals surface area contributed by atoms with E-state index in [1.807, 2.05) is 18.2 Å². The van der Waals surface area contributed by atoms with Crippen LogP contribution in [0.3, 0.4) is 0 Å². The summed E-state index contributed by atoms with van der Waals surface area (Å²) in [6.45, 7) is 0. The van der Waals surface area contributed by atoms with Gasteiger partial charge >= 0.3 is 0 Å². The molecule has 4 aliphatic carbocycles. The van der Waals surface area contributed by atoms with E-state index in [-0.39, 0.29) is 11.8 Å². The summed E-state index contributed by atoms with van der Waals surface area (Å²) in [5.74, 6) is 2.07. The van der Waals surface area contributed by atoms with Crippen LogP contribution in [-0.4, -0.2) is 17.4 Å². The number of hydrogen-bond acceptors (Lipinski definition) is 2. The standard InChI is InChI=1S/C18H20N2O2/c21-16-14-3-1-2-4-15(14)19-17(22)18(20-16)12-6-10-5-11(8-12)9-13(18)7-10/h1-4,10-13H,5-9H2,(H,19,22)(H,20,21). The second-order valence-electron chi connectivity index (χ2n) is 7.63. The van der Waals surface area contributed by atoms with Gasteiger partial charge in [0, 0.05) is 0 Å². The van der Waals surface area contributed by atoms with Crippen molar-refractivity contribution in [3.05, 3.63) is 29.8 Å². The predicted molar refractivity (Wildman–Crippen MR) is 82.3 cm³/mol. The van der Waals surface area contributed by atoms with Crippen molar-refractivity contribution in [2.24, 2.45) is 23.7 Å². The first-order valence-electron chi connectivity index (χ1n) is 8.40. The molecule has 2 N–H and O–H groups in total. The number of amides is 2. The summed E-state index contributed by atoms with van der Waals surface area (Å²) in [5.41, 5.74) is 0.556. The van der Waals surface area contributed by atoms with Crippen molar-refractivity contribution in [2.45, 2.75) is 37.6 Å². The highest BCUT2D eigenvalue weighted by Crippen LogP contribution is 2.58. The summed E-state index contributed by atoms with van der Waals surface area (Å²) in [6, 6.07) is 7.32. The van der Waals surface area contributed by atoms with E-state index in [0.29, 0.717) is 23.1 Å². The molecule has 4 nitrogen and oxygen atoms in total. The third kappa shape index (κ3) is 1.48. The van der Waals surface area contributed by atoms with Gasteiger partial charge in [0.15, 0.2) is 0 Å². The van der Waals surface area contributed by atoms with Crippen molar-refractivity contribution in [2.75, 3.05) is 5.32 Å². The first-order chi connectivity index (χ1) is 10.7. The van der Waals surface area contributed by atoms with Gasteiger partial charge in [-0.1, -0.05) is 12.1 Å². The summed E-state index contributed by atoms with van der Waals surface area (Å²) in [7, 11) is 0. The monoisotopic (exact) mass is 296 g/mol. The number of benzene rings is 1. The predicted octanol–water partition coefficient (Wildman–Crippen LogP) is 2.56. The Morgan fingerprint density at radius 1 is 0.909 bits per heavy atom. The maximum atomic E-state index is 13.1. The van der Waals surface area contributed by atoms with E-state index >= 15 is 0 Å². The van der Waals surface area contributed by atoms with Crippen LogP contribution < -0.4 is 10.6 Å². The van der Waals surface area contributed by atoms with Gasteiger partial charge in [-0.15, -0.1) is 0 Å². The van der Waals surface area contributed by atoms with Gasteiger partial charge in [-0.3, -0.25) is 9.59 Å². The summed E-state index contributed by atoms with van der Waals surface area (Å²) in [6.07, 6.45) is 5.71. The SMILES string of the molecule is O=C1NC2(C(=O)Nc3ccccc31)C1CC3CC(C1)CC2C3. The average Bonchev–Trinajstić information content (AvgIpc) is 2.60. The van der Waals surface area contributed by atoms with E-state index in [2.05, 4.69) is 10.6 Å². The maximum Gasteiger partial charge on any atom is 0.254 e. The fourth-order valence-corrected chi connectivity index (χ4v) is 5.83. The van der Waals surface area contributed by atoms with Crippen LogP contribution >= 0.6 is 0 Å². The molecular formula is C18H20N2O2. The molecular weight excluding hydrogens is 276 g/mol. The largest absolute Gasteiger partial charge is 0.337 e. The minimum Gasteiger partial charge on any atom is -0.337 e. The molecule has 0 saturated heterocycles. The van der Waals surface area contributed by atoms with Gasteiger partial charge < -0.3 is 10.6 Å². The molecule has 0 atom stereocenters. The lowest BCUT2D eigenvalue weighted by molar-refractivity contribution is -0.140. The molecule has 1 spiro atoms. The summed E-state index contributed by atoms with van der Waals surface area (Å²) < 4.78 is 0. The molecule has 0 radical (unpaired) electrons. The molecule has 1 aromatic carbocycles. The first kappa shape index (κ1) is 12.7. The highest BCUT2D eigenvalue weighted by Gasteiger charge is 2.62. The highest BCUT2D eigenvalue weighted by atomic mass is 16.2. The minimum atomic E-state index is -0.677. The molecule has 2 amide bonds. The van der Waals surface area contributed by atoms with Gasteiger partial charge in [0.05, 0.1) is 11.3 Å². The Morgan fingerprint density at radius 2 is 1.55 bits per heavy atom. The van der Waals surface area contributed by atoms with E-state index in [0.717, 1.165) is 37.5 Å². The Kier molecular flexibility index (Phi) is 2.37. The van der Waals surface area contributed by atoms with E-state index in [9.17, 15) is 9.59 Å². The Hall–Kier alpha value is -1.84. The van der Waals surface area contributed by atoms with Crippen LogP contribution in [0.4, 0.5) is 5.69 Å². The van der Waals surface area contributed by atoms with Gasteiger partial charge in [-0.25, -0.2) is 0 Å². The molecule has 4 heteroatoms. The molecule has 114 valence electrons. The molecule has 1 aliphatic heterocycles. The number of hydrogen-bond donors (Lipinski definition) is 2. The van der Waals surface area contributed by atoms with E-state index in [1.165, 1.54) is 6.42 Å². The molecule has 5 aliphatic rings. The van der Waals surface area contributed by atoms with Crippen LogP contribution in [0.1, 0.15) is 42.5 Å². The van der Waals surface area contributed by atoms with Crippen molar-refractivity contribution in [3.63, 3.8) is 0 Å². The number of rotatable bonds is 0. The summed E-state index contributed by atoms with van der Waals surface area (Å²) >= 11 is 0. The normalized spacial score (nSPS) is 41.8. The molecule has 22 heavy (non-hydrogen) atoms. The van der Waals surface area contributed by atoms with Crippen LogP contribution in [0.25, 0.3) is 0 Å². The van der Waals surface area contributed by atoms with Crippen molar-refractivity contribution < 1.29 is 9.59 Å². The number of nitrogens with one attached hydrogen (secondary N) is 2.